The lowest BCUT2D eigenvalue weighted by molar-refractivity contribution is -0.0580. The van der Waals surface area contributed by atoms with Crippen LogP contribution in [0, 0.1) is 6.92 Å². The Balaban J connectivity index is 1.35. The molecule has 49 heavy (non-hydrogen) atoms. The third-order valence-corrected chi connectivity index (χ3v) is 10.9. The first-order chi connectivity index (χ1) is 23.3. The minimum atomic E-state index is -4.42. The molecule has 5 rings (SSSR count). The fourth-order valence-corrected chi connectivity index (χ4v) is 7.63. The summed E-state index contributed by atoms with van der Waals surface area (Å²) >= 11 is 4.12. The van der Waals surface area contributed by atoms with E-state index in [2.05, 4.69) is 32.6 Å². The molecule has 0 spiro atoms. The number of imidazole rings is 1. The lowest BCUT2D eigenvalue weighted by atomic mass is 10.2. The molecule has 2 aliphatic rings. The number of nitrogen functional groups attached to an aromatic ring is 2. The number of thiol groups is 1. The molecule has 2 fully saturated rings. The van der Waals surface area contributed by atoms with E-state index in [1.54, 1.807) is 6.92 Å². The van der Waals surface area contributed by atoms with Gasteiger partial charge in [0.1, 0.15) is 42.7 Å². The zero-order valence-corrected chi connectivity index (χ0v) is 29.3. The van der Waals surface area contributed by atoms with Crippen molar-refractivity contribution in [3.8, 4) is 0 Å². The number of phosphoric acid groups is 2. The fourth-order valence-electron chi connectivity index (χ4n) is 5.21. The van der Waals surface area contributed by atoms with Crippen molar-refractivity contribution < 1.29 is 50.9 Å². The average Bonchev–Trinajstić information content (AvgIpc) is 3.78. The Kier molecular flexibility index (Phi) is 12.0. The van der Waals surface area contributed by atoms with Gasteiger partial charge in [-0.25, -0.2) is 18.9 Å². The molecule has 2 saturated heterocycles. The van der Waals surface area contributed by atoms with Gasteiger partial charge >= 0.3 is 21.3 Å². The predicted octanol–water partition coefficient (Wildman–Crippen LogP) is 1.05. The van der Waals surface area contributed by atoms with E-state index in [0.29, 0.717) is 17.7 Å². The Morgan fingerprint density at radius 1 is 1.02 bits per heavy atom. The molecule has 6 N–H and O–H groups in total. The van der Waals surface area contributed by atoms with E-state index in [0.717, 1.165) is 14.2 Å². The molecule has 0 radical (unpaired) electrons. The Morgan fingerprint density at radius 3 is 2.31 bits per heavy atom. The molecule has 0 amide bonds. The van der Waals surface area contributed by atoms with Crippen LogP contribution in [0.4, 0.5) is 11.8 Å². The highest BCUT2D eigenvalue weighted by Gasteiger charge is 2.46. The minimum Gasteiger partial charge on any atom is -0.394 e. The standard InChI is InChI=1S/C25H38N8O13P2S/c1-13-9-32(25(36)29-21(13)26)18-7-14(16(10-34)43-18)45-48(38,40-3)42-11-17-15(46-47(37,39-2)41-5-4-6-49)8-19(44-17)33-12-28-20-22(33)30-24(27)31-23(20)35/h9,12,14-19,34,49H,4-8,10-11H2,1-3H3,(H2,26,29,36)(H3,27,30,31,35)/t14-,15-,16-,17-,18-,19-,47?,48?/m1/s1. The molecule has 0 bridgehead atoms. The van der Waals surface area contributed by atoms with Crippen molar-refractivity contribution in [1.29, 1.82) is 0 Å². The molecular weight excluding hydrogens is 714 g/mol. The van der Waals surface area contributed by atoms with Crippen LogP contribution in [-0.4, -0.2) is 98.4 Å². The van der Waals surface area contributed by atoms with Crippen LogP contribution in [0.5, 0.6) is 0 Å². The van der Waals surface area contributed by atoms with E-state index in [4.69, 9.17) is 48.1 Å². The molecule has 2 unspecified atom stereocenters. The van der Waals surface area contributed by atoms with E-state index in [1.165, 1.54) is 21.7 Å². The summed E-state index contributed by atoms with van der Waals surface area (Å²) in [6.07, 6.45) is -2.92. The highest BCUT2D eigenvalue weighted by Crippen LogP contribution is 2.55. The van der Waals surface area contributed by atoms with Crippen molar-refractivity contribution >= 4 is 51.2 Å². The van der Waals surface area contributed by atoms with Gasteiger partial charge in [-0.3, -0.25) is 46.1 Å². The summed E-state index contributed by atoms with van der Waals surface area (Å²) in [7, 11) is -6.32. The number of aromatic nitrogens is 6. The largest absolute Gasteiger partial charge is 0.474 e. The van der Waals surface area contributed by atoms with Crippen molar-refractivity contribution in [3.63, 3.8) is 0 Å². The minimum absolute atomic E-state index is 0.00685. The number of rotatable bonds is 16. The average molecular weight is 753 g/mol. The molecule has 5 heterocycles. The zero-order chi connectivity index (χ0) is 35.5. The maximum Gasteiger partial charge on any atom is 0.474 e. The molecule has 24 heteroatoms. The van der Waals surface area contributed by atoms with Crippen LogP contribution >= 0.6 is 28.3 Å². The number of phosphoric ester groups is 2. The van der Waals surface area contributed by atoms with Crippen LogP contribution in [0.3, 0.4) is 0 Å². The molecule has 0 aliphatic carbocycles. The van der Waals surface area contributed by atoms with Gasteiger partial charge in [0.05, 0.1) is 26.1 Å². The van der Waals surface area contributed by atoms with Crippen LogP contribution in [0.2, 0.25) is 0 Å². The molecule has 2 aliphatic heterocycles. The SMILES string of the molecule is COP(=O)(OC[C@H]1O[C@@H](n2cnc3c(=O)[nH]c(N)nc32)C[C@H]1OP(=O)(OC)OCCCS)O[C@@H]1C[C@H](n2cc(C)c(N)nc2=O)O[C@@H]1CO. The summed E-state index contributed by atoms with van der Waals surface area (Å²) in [4.78, 5) is 39.2. The van der Waals surface area contributed by atoms with E-state index >= 15 is 0 Å². The molecule has 272 valence electrons. The summed E-state index contributed by atoms with van der Waals surface area (Å²) in [5.41, 5.74) is 10.8. The van der Waals surface area contributed by atoms with Crippen molar-refractivity contribution in [1.82, 2.24) is 29.1 Å². The van der Waals surface area contributed by atoms with Gasteiger partial charge in [0, 0.05) is 38.8 Å². The number of hydrogen-bond donors (Lipinski definition) is 5. The molecule has 3 aromatic heterocycles. The molecular formula is C25H38N8O13P2S. The zero-order valence-electron chi connectivity index (χ0n) is 26.6. The van der Waals surface area contributed by atoms with Crippen molar-refractivity contribution in [2.24, 2.45) is 0 Å². The Bertz CT molecular complexity index is 1840. The highest BCUT2D eigenvalue weighted by molar-refractivity contribution is 7.80. The van der Waals surface area contributed by atoms with E-state index < -0.39 is 77.0 Å². The summed E-state index contributed by atoms with van der Waals surface area (Å²) in [6, 6.07) is 0. The number of hydrogen-bond acceptors (Lipinski definition) is 19. The number of nitrogens with one attached hydrogen (secondary N) is 1. The van der Waals surface area contributed by atoms with Crippen LogP contribution in [0.25, 0.3) is 11.2 Å². The molecule has 21 nitrogen and oxygen atoms in total. The first kappa shape index (κ1) is 37.5. The van der Waals surface area contributed by atoms with Crippen LogP contribution in [-0.2, 0) is 45.7 Å². The third-order valence-electron chi connectivity index (χ3n) is 7.71. The van der Waals surface area contributed by atoms with E-state index in [-0.39, 0.29) is 42.4 Å². The van der Waals surface area contributed by atoms with Crippen LogP contribution in [0.1, 0.15) is 37.3 Å². The summed E-state index contributed by atoms with van der Waals surface area (Å²) < 4.78 is 74.6. The van der Waals surface area contributed by atoms with Crippen molar-refractivity contribution in [3.05, 3.63) is 38.9 Å². The smallest absolute Gasteiger partial charge is 0.394 e. The second-order valence-corrected chi connectivity index (χ2v) is 14.8. The maximum atomic E-state index is 13.8. The number of aliphatic hydroxyl groups excluding tert-OH is 1. The number of nitrogens with two attached hydrogens (primary N) is 2. The van der Waals surface area contributed by atoms with E-state index in [1.807, 2.05) is 0 Å². The number of H-pyrrole nitrogens is 1. The third kappa shape index (κ3) is 8.43. The van der Waals surface area contributed by atoms with Gasteiger partial charge in [0.25, 0.3) is 5.56 Å². The monoisotopic (exact) mass is 752 g/mol. The van der Waals surface area contributed by atoms with Gasteiger partial charge < -0.3 is 26.0 Å². The van der Waals surface area contributed by atoms with Crippen LogP contribution < -0.4 is 22.7 Å². The lowest BCUT2D eigenvalue weighted by Gasteiger charge is -2.26. The summed E-state index contributed by atoms with van der Waals surface area (Å²) in [5, 5.41) is 9.98. The predicted molar refractivity (Wildman–Crippen MR) is 174 cm³/mol. The Morgan fingerprint density at radius 2 is 1.65 bits per heavy atom. The van der Waals surface area contributed by atoms with Gasteiger partial charge in [-0.05, 0) is 19.1 Å². The Hall–Kier alpha value is -2.72. The van der Waals surface area contributed by atoms with Gasteiger partial charge in [-0.2, -0.15) is 22.6 Å². The molecule has 0 aromatic carbocycles. The second-order valence-electron chi connectivity index (χ2n) is 10.9. The lowest BCUT2D eigenvalue weighted by Crippen LogP contribution is -2.30. The van der Waals surface area contributed by atoms with Gasteiger partial charge in [0.15, 0.2) is 11.2 Å². The van der Waals surface area contributed by atoms with Crippen LogP contribution in [0.15, 0.2) is 22.1 Å². The van der Waals surface area contributed by atoms with Crippen molar-refractivity contribution in [2.45, 2.75) is 63.1 Å². The maximum absolute atomic E-state index is 13.8. The van der Waals surface area contributed by atoms with Gasteiger partial charge in [0.2, 0.25) is 5.95 Å². The number of ether oxygens (including phenoxy) is 2. The quantitative estimate of drug-likeness (QED) is 0.0776. The second kappa shape index (κ2) is 15.7. The molecule has 3 aromatic rings. The first-order valence-electron chi connectivity index (χ1n) is 14.9. The molecule has 0 saturated carbocycles. The number of nitrogens with zero attached hydrogens (tertiary/aromatic N) is 5. The summed E-state index contributed by atoms with van der Waals surface area (Å²) in [6.45, 7) is 0.623. The topological polar surface area (TPSA) is 279 Å². The molecule has 8 atom stereocenters. The van der Waals surface area contributed by atoms with Gasteiger partial charge in [-0.1, -0.05) is 0 Å². The van der Waals surface area contributed by atoms with Crippen molar-refractivity contribution in [2.75, 3.05) is 51.3 Å². The Labute approximate surface area is 284 Å². The van der Waals surface area contributed by atoms with E-state index in [9.17, 15) is 23.8 Å². The first-order valence-corrected chi connectivity index (χ1v) is 18.5. The number of fused-ring (bicyclic) bond motifs is 1. The highest BCUT2D eigenvalue weighted by atomic mass is 32.1. The summed E-state index contributed by atoms with van der Waals surface area (Å²) in [5.74, 6) is 0.362. The number of aromatic amines is 1. The number of anilines is 2. The number of aryl methyl sites for hydroxylation is 1. The normalized spacial score (nSPS) is 26.6. The van der Waals surface area contributed by atoms with Gasteiger partial charge in [-0.15, -0.1) is 0 Å². The number of aliphatic hydroxyl groups is 1. The fraction of sp³-hybridized carbons (Fsp3) is 0.640.